The predicted molar refractivity (Wildman–Crippen MR) is 66.1 cm³/mol. The van der Waals surface area contributed by atoms with E-state index in [0.29, 0.717) is 4.99 Å². The van der Waals surface area contributed by atoms with Gasteiger partial charge in [0.25, 0.3) is 0 Å². The summed E-state index contributed by atoms with van der Waals surface area (Å²) in [6, 6.07) is 0. The zero-order valence-corrected chi connectivity index (χ0v) is 10.4. The zero-order chi connectivity index (χ0) is 11.3. The van der Waals surface area contributed by atoms with E-state index in [-0.39, 0.29) is 6.10 Å². The molecule has 1 heterocycles. The fraction of sp³-hybridized carbons (Fsp3) is 0.900. The average molecular weight is 231 g/mol. The van der Waals surface area contributed by atoms with Crippen LogP contribution in [0.15, 0.2) is 0 Å². The molecule has 1 rings (SSSR count). The smallest absolute Gasteiger partial charge is 0.120 e. The third-order valence-electron chi connectivity index (χ3n) is 2.55. The van der Waals surface area contributed by atoms with Crippen molar-refractivity contribution in [1.82, 2.24) is 9.80 Å². The third-order valence-corrected chi connectivity index (χ3v) is 2.81. The van der Waals surface area contributed by atoms with Gasteiger partial charge in [-0.25, -0.2) is 0 Å². The number of hydrogen-bond donors (Lipinski definition) is 1. The van der Waals surface area contributed by atoms with E-state index < -0.39 is 0 Å². The van der Waals surface area contributed by atoms with Crippen LogP contribution in [0.1, 0.15) is 6.42 Å². The molecule has 0 spiro atoms. The van der Waals surface area contributed by atoms with Gasteiger partial charge in [-0.05, 0) is 33.6 Å². The van der Waals surface area contributed by atoms with Gasteiger partial charge in [-0.15, -0.1) is 0 Å². The van der Waals surface area contributed by atoms with E-state index >= 15 is 0 Å². The molecule has 0 radical (unpaired) electrons. The predicted octanol–water partition coefficient (Wildman–Crippen LogP) is -0.0750. The lowest BCUT2D eigenvalue weighted by Crippen LogP contribution is -2.48. The van der Waals surface area contributed by atoms with Crippen molar-refractivity contribution >= 4 is 17.2 Å². The van der Waals surface area contributed by atoms with Gasteiger partial charge in [0.1, 0.15) is 11.1 Å². The quantitative estimate of drug-likeness (QED) is 0.671. The lowest BCUT2D eigenvalue weighted by atomic mass is 10.2. The first-order valence-corrected chi connectivity index (χ1v) is 5.78. The second-order valence-electron chi connectivity index (χ2n) is 4.22. The van der Waals surface area contributed by atoms with Crippen LogP contribution in [0, 0.1) is 0 Å². The maximum absolute atomic E-state index is 5.58. The summed E-state index contributed by atoms with van der Waals surface area (Å²) in [5.41, 5.74) is 5.58. The van der Waals surface area contributed by atoms with Crippen LogP contribution in [0.4, 0.5) is 0 Å². The molecule has 1 atom stereocenters. The highest BCUT2D eigenvalue weighted by molar-refractivity contribution is 7.80. The third kappa shape index (κ3) is 4.88. The Labute approximate surface area is 97.3 Å². The second kappa shape index (κ2) is 6.37. The first kappa shape index (κ1) is 12.8. The fourth-order valence-electron chi connectivity index (χ4n) is 1.69. The number of hydrogen-bond acceptors (Lipinski definition) is 4. The zero-order valence-electron chi connectivity index (χ0n) is 9.61. The monoisotopic (exact) mass is 231 g/mol. The summed E-state index contributed by atoms with van der Waals surface area (Å²) in [4.78, 5) is 5.05. The van der Waals surface area contributed by atoms with Crippen molar-refractivity contribution in [3.8, 4) is 0 Å². The van der Waals surface area contributed by atoms with Gasteiger partial charge >= 0.3 is 0 Å². The Hall–Kier alpha value is -0.230. The molecule has 0 aliphatic carbocycles. The number of morpholine rings is 1. The molecule has 1 aliphatic rings. The summed E-state index contributed by atoms with van der Waals surface area (Å²) >= 11 is 4.94. The van der Waals surface area contributed by atoms with E-state index in [4.69, 9.17) is 22.7 Å². The maximum Gasteiger partial charge on any atom is 0.120 e. The molecule has 0 aromatic heterocycles. The maximum atomic E-state index is 5.58. The van der Waals surface area contributed by atoms with Crippen LogP contribution >= 0.6 is 12.2 Å². The molecule has 1 fully saturated rings. The summed E-state index contributed by atoms with van der Waals surface area (Å²) in [6.45, 7) is 4.80. The fourth-order valence-corrected chi connectivity index (χ4v) is 1.83. The van der Waals surface area contributed by atoms with Crippen molar-refractivity contribution < 1.29 is 4.74 Å². The number of ether oxygens (including phenoxy) is 1. The van der Waals surface area contributed by atoms with Crippen molar-refractivity contribution in [2.24, 2.45) is 5.73 Å². The Morgan fingerprint density at radius 3 is 2.93 bits per heavy atom. The van der Waals surface area contributed by atoms with E-state index in [1.54, 1.807) is 0 Å². The molecule has 0 aromatic carbocycles. The standard InChI is InChI=1S/C10H21N3OS/c1-12(2)4-3-5-13-6-7-14-9(8-13)10(11)15/h9H,3-8H2,1-2H3,(H2,11,15). The Balaban J connectivity index is 2.21. The summed E-state index contributed by atoms with van der Waals surface area (Å²) in [6.07, 6.45) is 1.13. The Kier molecular flexibility index (Phi) is 5.45. The normalized spacial score (nSPS) is 23.3. The van der Waals surface area contributed by atoms with Gasteiger partial charge in [-0.2, -0.15) is 0 Å². The van der Waals surface area contributed by atoms with Gasteiger partial charge in [-0.3, -0.25) is 4.90 Å². The van der Waals surface area contributed by atoms with Crippen LogP contribution in [-0.4, -0.2) is 67.8 Å². The molecule has 88 valence electrons. The Bertz CT molecular complexity index is 211. The van der Waals surface area contributed by atoms with Crippen LogP contribution in [0.3, 0.4) is 0 Å². The molecule has 2 N–H and O–H groups in total. The first-order valence-electron chi connectivity index (χ1n) is 5.37. The Morgan fingerprint density at radius 2 is 2.33 bits per heavy atom. The van der Waals surface area contributed by atoms with Crippen molar-refractivity contribution in [3.63, 3.8) is 0 Å². The minimum Gasteiger partial charge on any atom is -0.391 e. The molecule has 1 unspecified atom stereocenters. The highest BCUT2D eigenvalue weighted by atomic mass is 32.1. The van der Waals surface area contributed by atoms with E-state index in [2.05, 4.69) is 23.9 Å². The molecule has 5 heteroatoms. The SMILES string of the molecule is CN(C)CCCN1CCOC(C(N)=S)C1. The molecular formula is C10H21N3OS. The number of nitrogens with two attached hydrogens (primary N) is 1. The largest absolute Gasteiger partial charge is 0.391 e. The molecule has 0 amide bonds. The van der Waals surface area contributed by atoms with Crippen molar-refractivity contribution in [2.75, 3.05) is 46.9 Å². The molecule has 4 nitrogen and oxygen atoms in total. The van der Waals surface area contributed by atoms with Gasteiger partial charge in [0.15, 0.2) is 0 Å². The second-order valence-corrected chi connectivity index (χ2v) is 4.69. The summed E-state index contributed by atoms with van der Waals surface area (Å²) in [5, 5.41) is 0. The highest BCUT2D eigenvalue weighted by Gasteiger charge is 2.21. The van der Waals surface area contributed by atoms with Crippen LogP contribution < -0.4 is 5.73 Å². The average Bonchev–Trinajstić information content (AvgIpc) is 2.17. The molecule has 0 aromatic rings. The van der Waals surface area contributed by atoms with Gasteiger partial charge in [0.2, 0.25) is 0 Å². The molecule has 0 bridgehead atoms. The summed E-state index contributed by atoms with van der Waals surface area (Å²) in [5.74, 6) is 0. The van der Waals surface area contributed by atoms with Gasteiger partial charge < -0.3 is 15.4 Å². The van der Waals surface area contributed by atoms with Crippen LogP contribution in [0.2, 0.25) is 0 Å². The van der Waals surface area contributed by atoms with Gasteiger partial charge in [-0.1, -0.05) is 12.2 Å². The van der Waals surface area contributed by atoms with E-state index in [9.17, 15) is 0 Å². The topological polar surface area (TPSA) is 41.7 Å². The van der Waals surface area contributed by atoms with Crippen molar-refractivity contribution in [1.29, 1.82) is 0 Å². The molecule has 15 heavy (non-hydrogen) atoms. The van der Waals surface area contributed by atoms with Crippen molar-refractivity contribution in [2.45, 2.75) is 12.5 Å². The van der Waals surface area contributed by atoms with Gasteiger partial charge in [0, 0.05) is 13.1 Å². The Morgan fingerprint density at radius 1 is 1.60 bits per heavy atom. The highest BCUT2D eigenvalue weighted by Crippen LogP contribution is 2.06. The number of rotatable bonds is 5. The lowest BCUT2D eigenvalue weighted by molar-refractivity contribution is 0.00636. The van der Waals surface area contributed by atoms with E-state index in [1.807, 2.05) is 0 Å². The first-order chi connectivity index (χ1) is 7.09. The van der Waals surface area contributed by atoms with Crippen molar-refractivity contribution in [3.05, 3.63) is 0 Å². The molecule has 0 saturated carbocycles. The minimum atomic E-state index is -0.0480. The van der Waals surface area contributed by atoms with Crippen LogP contribution in [0.5, 0.6) is 0 Å². The van der Waals surface area contributed by atoms with Crippen LogP contribution in [-0.2, 0) is 4.74 Å². The van der Waals surface area contributed by atoms with E-state index in [1.165, 1.54) is 6.42 Å². The molecule has 1 saturated heterocycles. The van der Waals surface area contributed by atoms with E-state index in [0.717, 1.165) is 32.8 Å². The minimum absolute atomic E-state index is 0.0480. The lowest BCUT2D eigenvalue weighted by Gasteiger charge is -2.32. The molecule has 1 aliphatic heterocycles. The summed E-state index contributed by atoms with van der Waals surface area (Å²) in [7, 11) is 4.19. The number of nitrogens with zero attached hydrogens (tertiary/aromatic N) is 2. The van der Waals surface area contributed by atoms with Gasteiger partial charge in [0.05, 0.1) is 6.61 Å². The number of thiocarbonyl (C=S) groups is 1. The molecular weight excluding hydrogens is 210 g/mol. The van der Waals surface area contributed by atoms with Crippen LogP contribution in [0.25, 0.3) is 0 Å². The summed E-state index contributed by atoms with van der Waals surface area (Å²) < 4.78 is 5.48.